The van der Waals surface area contributed by atoms with E-state index in [4.69, 9.17) is 9.47 Å². The summed E-state index contributed by atoms with van der Waals surface area (Å²) in [5, 5.41) is 15.1. The van der Waals surface area contributed by atoms with Crippen molar-refractivity contribution in [2.75, 3.05) is 56.2 Å². The molecular formula is C29H29F2N7O3. The molecule has 12 heteroatoms. The molecule has 41 heavy (non-hydrogen) atoms. The number of aromatic nitrogens is 2. The zero-order valence-corrected chi connectivity index (χ0v) is 22.2. The predicted molar refractivity (Wildman–Crippen MR) is 147 cm³/mol. The summed E-state index contributed by atoms with van der Waals surface area (Å²) in [6.45, 7) is 5.66. The lowest BCUT2D eigenvalue weighted by atomic mass is 10.1. The van der Waals surface area contributed by atoms with Gasteiger partial charge in [-0.25, -0.2) is 9.97 Å². The van der Waals surface area contributed by atoms with Crippen LogP contribution in [0.4, 0.5) is 26.0 Å². The van der Waals surface area contributed by atoms with Crippen molar-refractivity contribution in [2.24, 2.45) is 0 Å². The first-order valence-corrected chi connectivity index (χ1v) is 13.5. The standard InChI is InChI=1S/C29H29F2N7O3/c30-29(31)14-24(16-34-28(29)39)41-25-6-1-19(13-20(25)15-32)27-33-8-7-26(36-27)35-21-2-4-22(5-3-21)37-9-11-38(12-10-37)23-17-40-18-23/h1-8,13,23-24H,9-12,14,16-18H2,(H,34,39)(H,33,35,36). The van der Waals surface area contributed by atoms with Crippen molar-refractivity contribution in [1.82, 2.24) is 20.2 Å². The lowest BCUT2D eigenvalue weighted by Gasteiger charge is -2.43. The molecule has 6 rings (SSSR count). The van der Waals surface area contributed by atoms with Gasteiger partial charge >= 0.3 is 5.92 Å². The summed E-state index contributed by atoms with van der Waals surface area (Å²) in [6, 6.07) is 17.3. The number of hydrogen-bond acceptors (Lipinski definition) is 9. The molecule has 3 aliphatic rings. The van der Waals surface area contributed by atoms with Gasteiger partial charge < -0.3 is 25.0 Å². The normalized spacial score (nSPS) is 21.0. The first-order chi connectivity index (χ1) is 19.9. The van der Waals surface area contributed by atoms with Gasteiger partial charge in [0, 0.05) is 49.3 Å². The molecule has 212 valence electrons. The fourth-order valence-electron chi connectivity index (χ4n) is 5.16. The third-order valence-corrected chi connectivity index (χ3v) is 7.57. The van der Waals surface area contributed by atoms with Crippen molar-refractivity contribution in [2.45, 2.75) is 24.5 Å². The van der Waals surface area contributed by atoms with E-state index < -0.39 is 24.4 Å². The SMILES string of the molecule is N#Cc1cc(-c2nccc(Nc3ccc(N4CCN(C5COC5)CC4)cc3)n2)ccc1OC1CNC(=O)C(F)(F)C1. The smallest absolute Gasteiger partial charge is 0.328 e. The molecule has 2 aromatic carbocycles. The average molecular weight is 562 g/mol. The Morgan fingerprint density at radius 3 is 2.56 bits per heavy atom. The number of alkyl halides is 2. The van der Waals surface area contributed by atoms with Gasteiger partial charge in [-0.15, -0.1) is 0 Å². The number of benzene rings is 2. The number of piperidine rings is 1. The molecular weight excluding hydrogens is 532 g/mol. The molecule has 1 amide bonds. The topological polar surface area (TPSA) is 116 Å². The van der Waals surface area contributed by atoms with Crippen LogP contribution in [0.3, 0.4) is 0 Å². The van der Waals surface area contributed by atoms with E-state index in [1.807, 2.05) is 18.2 Å². The number of carbonyl (C=O) groups excluding carboxylic acids is 1. The summed E-state index contributed by atoms with van der Waals surface area (Å²) in [6.07, 6.45) is -0.0896. The highest BCUT2D eigenvalue weighted by molar-refractivity contribution is 5.84. The Balaban J connectivity index is 1.10. The highest BCUT2D eigenvalue weighted by Gasteiger charge is 2.45. The van der Waals surface area contributed by atoms with E-state index in [1.165, 1.54) is 11.8 Å². The molecule has 0 bridgehead atoms. The maximum atomic E-state index is 13.8. The maximum absolute atomic E-state index is 13.8. The first kappa shape index (κ1) is 26.9. The molecule has 10 nitrogen and oxygen atoms in total. The second-order valence-corrected chi connectivity index (χ2v) is 10.3. The lowest BCUT2D eigenvalue weighted by Crippen LogP contribution is -2.56. The number of piperazine rings is 1. The fourth-order valence-corrected chi connectivity index (χ4v) is 5.16. The minimum absolute atomic E-state index is 0.0638. The van der Waals surface area contributed by atoms with Crippen molar-refractivity contribution in [3.05, 3.63) is 60.3 Å². The Morgan fingerprint density at radius 1 is 1.10 bits per heavy atom. The van der Waals surface area contributed by atoms with E-state index in [9.17, 15) is 18.8 Å². The molecule has 1 aromatic heterocycles. The summed E-state index contributed by atoms with van der Waals surface area (Å²) in [5.41, 5.74) is 2.78. The van der Waals surface area contributed by atoms with Gasteiger partial charge in [-0.2, -0.15) is 14.0 Å². The van der Waals surface area contributed by atoms with Crippen LogP contribution in [0.1, 0.15) is 12.0 Å². The largest absolute Gasteiger partial charge is 0.487 e. The number of carbonyl (C=O) groups is 1. The third-order valence-electron chi connectivity index (χ3n) is 7.57. The summed E-state index contributed by atoms with van der Waals surface area (Å²) >= 11 is 0. The predicted octanol–water partition coefficient (Wildman–Crippen LogP) is 3.18. The zero-order valence-electron chi connectivity index (χ0n) is 22.2. The Kier molecular flexibility index (Phi) is 7.38. The Bertz CT molecular complexity index is 1450. The van der Waals surface area contributed by atoms with Gasteiger partial charge in [0.25, 0.3) is 5.91 Å². The summed E-state index contributed by atoms with van der Waals surface area (Å²) in [4.78, 5) is 25.1. The minimum atomic E-state index is -3.52. The fraction of sp³-hybridized carbons (Fsp3) is 0.379. The maximum Gasteiger partial charge on any atom is 0.328 e. The van der Waals surface area contributed by atoms with Gasteiger partial charge in [-0.1, -0.05) is 0 Å². The molecule has 1 unspecified atom stereocenters. The number of rotatable bonds is 7. The molecule has 2 N–H and O–H groups in total. The molecule has 3 aromatic rings. The van der Waals surface area contributed by atoms with Gasteiger partial charge in [-0.3, -0.25) is 9.69 Å². The molecule has 0 saturated carbocycles. The van der Waals surface area contributed by atoms with Gasteiger partial charge in [0.05, 0.1) is 37.8 Å². The van der Waals surface area contributed by atoms with Crippen LogP contribution >= 0.6 is 0 Å². The van der Waals surface area contributed by atoms with E-state index in [-0.39, 0.29) is 17.9 Å². The van der Waals surface area contributed by atoms with Crippen LogP contribution in [0, 0.1) is 11.3 Å². The quantitative estimate of drug-likeness (QED) is 0.449. The van der Waals surface area contributed by atoms with E-state index in [1.54, 1.807) is 24.4 Å². The van der Waals surface area contributed by atoms with E-state index in [0.717, 1.165) is 45.1 Å². The minimum Gasteiger partial charge on any atom is -0.487 e. The van der Waals surface area contributed by atoms with Crippen molar-refractivity contribution in [3.63, 3.8) is 0 Å². The van der Waals surface area contributed by atoms with Crippen molar-refractivity contribution >= 4 is 23.1 Å². The van der Waals surface area contributed by atoms with Crippen LogP contribution in [-0.2, 0) is 9.53 Å². The monoisotopic (exact) mass is 561 g/mol. The average Bonchev–Trinajstić information content (AvgIpc) is 2.95. The number of anilines is 3. The molecule has 3 aliphatic heterocycles. The molecule has 0 spiro atoms. The second kappa shape index (κ2) is 11.3. The molecule has 4 heterocycles. The molecule has 3 fully saturated rings. The van der Waals surface area contributed by atoms with Crippen LogP contribution in [0.5, 0.6) is 5.75 Å². The van der Waals surface area contributed by atoms with Crippen LogP contribution < -0.4 is 20.3 Å². The van der Waals surface area contributed by atoms with Crippen LogP contribution in [0.2, 0.25) is 0 Å². The number of halogens is 2. The van der Waals surface area contributed by atoms with Gasteiger partial charge in [0.1, 0.15) is 23.7 Å². The summed E-state index contributed by atoms with van der Waals surface area (Å²) < 4.78 is 38.5. The molecule has 0 aliphatic carbocycles. The summed E-state index contributed by atoms with van der Waals surface area (Å²) in [7, 11) is 0. The van der Waals surface area contributed by atoms with Gasteiger partial charge in [0.2, 0.25) is 0 Å². The van der Waals surface area contributed by atoms with Crippen molar-refractivity contribution < 1.29 is 23.0 Å². The first-order valence-electron chi connectivity index (χ1n) is 13.5. The van der Waals surface area contributed by atoms with Gasteiger partial charge in [0.15, 0.2) is 5.82 Å². The molecule has 1 atom stereocenters. The number of nitriles is 1. The molecule has 0 radical (unpaired) electrons. The van der Waals surface area contributed by atoms with Crippen molar-refractivity contribution in [1.29, 1.82) is 5.26 Å². The Hall–Kier alpha value is -4.34. The highest BCUT2D eigenvalue weighted by atomic mass is 19.3. The van der Waals surface area contributed by atoms with Gasteiger partial charge in [-0.05, 0) is 48.5 Å². The zero-order chi connectivity index (χ0) is 28.4. The van der Waals surface area contributed by atoms with E-state index >= 15 is 0 Å². The van der Waals surface area contributed by atoms with Crippen molar-refractivity contribution in [3.8, 4) is 23.2 Å². The molecule has 3 saturated heterocycles. The number of nitrogens with one attached hydrogen (secondary N) is 2. The summed E-state index contributed by atoms with van der Waals surface area (Å²) in [5.74, 6) is -3.71. The number of amides is 1. The van der Waals surface area contributed by atoms with E-state index in [0.29, 0.717) is 23.2 Å². The highest BCUT2D eigenvalue weighted by Crippen LogP contribution is 2.30. The Morgan fingerprint density at radius 2 is 1.88 bits per heavy atom. The number of ether oxygens (including phenoxy) is 2. The number of hydrogen-bond donors (Lipinski definition) is 2. The van der Waals surface area contributed by atoms with Crippen LogP contribution in [0.15, 0.2) is 54.7 Å². The van der Waals surface area contributed by atoms with E-state index in [2.05, 4.69) is 42.5 Å². The Labute approximate surface area is 235 Å². The number of nitrogens with zero attached hydrogens (tertiary/aromatic N) is 5. The van der Waals surface area contributed by atoms with Crippen LogP contribution in [-0.4, -0.2) is 84.8 Å². The third kappa shape index (κ3) is 5.91. The van der Waals surface area contributed by atoms with Crippen LogP contribution in [0.25, 0.3) is 11.4 Å². The second-order valence-electron chi connectivity index (χ2n) is 10.3. The lowest BCUT2D eigenvalue weighted by molar-refractivity contribution is -0.154.